The predicted molar refractivity (Wildman–Crippen MR) is 125 cm³/mol. The number of aliphatic hydroxyl groups is 1. The smallest absolute Gasteiger partial charge is 0.300 e. The number of nitrogens with zero attached hydrogens (tertiary/aromatic N) is 2. The van der Waals surface area contributed by atoms with Gasteiger partial charge in [-0.3, -0.25) is 19.5 Å². The molecule has 9 heteroatoms. The summed E-state index contributed by atoms with van der Waals surface area (Å²) < 4.78 is 10.6. The van der Waals surface area contributed by atoms with E-state index in [9.17, 15) is 14.7 Å². The van der Waals surface area contributed by atoms with E-state index in [1.807, 2.05) is 0 Å². The number of benzene rings is 2. The summed E-state index contributed by atoms with van der Waals surface area (Å²) >= 11 is 12.4. The van der Waals surface area contributed by atoms with Crippen molar-refractivity contribution in [3.05, 3.63) is 87.7 Å². The summed E-state index contributed by atoms with van der Waals surface area (Å²) in [6.45, 7) is 0. The van der Waals surface area contributed by atoms with Gasteiger partial charge in [-0.25, -0.2) is 0 Å². The molecule has 0 aliphatic carbocycles. The van der Waals surface area contributed by atoms with Crippen molar-refractivity contribution >= 4 is 46.3 Å². The number of carbonyl (C=O) groups is 2. The first-order valence-corrected chi connectivity index (χ1v) is 10.5. The van der Waals surface area contributed by atoms with Gasteiger partial charge in [-0.2, -0.15) is 0 Å². The number of hydrogen-bond acceptors (Lipinski definition) is 6. The number of ketones is 1. The number of carbonyl (C=O) groups excluding carboxylic acids is 2. The number of Topliss-reactive ketones (excluding diaryl/α,β-unsaturated/α-hetero) is 1. The summed E-state index contributed by atoms with van der Waals surface area (Å²) in [4.78, 5) is 32.0. The summed E-state index contributed by atoms with van der Waals surface area (Å²) in [6, 6.07) is 13.5. The highest BCUT2D eigenvalue weighted by atomic mass is 35.5. The van der Waals surface area contributed by atoms with Gasteiger partial charge in [0.1, 0.15) is 23.3 Å². The lowest BCUT2D eigenvalue weighted by molar-refractivity contribution is -0.132. The number of anilines is 1. The molecule has 2 aromatic carbocycles. The zero-order chi connectivity index (χ0) is 23.7. The fourth-order valence-electron chi connectivity index (χ4n) is 3.73. The van der Waals surface area contributed by atoms with Gasteiger partial charge in [0.05, 0.1) is 36.1 Å². The van der Waals surface area contributed by atoms with E-state index in [2.05, 4.69) is 4.98 Å². The quantitative estimate of drug-likeness (QED) is 0.310. The van der Waals surface area contributed by atoms with Gasteiger partial charge in [-0.15, -0.1) is 0 Å². The first-order valence-electron chi connectivity index (χ1n) is 9.76. The molecule has 0 spiro atoms. The molecule has 1 N–H and O–H groups in total. The monoisotopic (exact) mass is 484 g/mol. The van der Waals surface area contributed by atoms with Crippen LogP contribution in [0.1, 0.15) is 17.3 Å². The molecule has 1 aromatic heterocycles. The van der Waals surface area contributed by atoms with Gasteiger partial charge in [-0.1, -0.05) is 35.3 Å². The zero-order valence-electron chi connectivity index (χ0n) is 17.6. The number of aromatic nitrogens is 1. The topological polar surface area (TPSA) is 89.0 Å². The Balaban J connectivity index is 1.98. The average Bonchev–Trinajstić information content (AvgIpc) is 3.09. The molecule has 1 unspecified atom stereocenters. The maximum absolute atomic E-state index is 13.2. The van der Waals surface area contributed by atoms with Crippen molar-refractivity contribution in [2.45, 2.75) is 6.04 Å². The molecule has 1 atom stereocenters. The second-order valence-electron chi connectivity index (χ2n) is 7.09. The lowest BCUT2D eigenvalue weighted by atomic mass is 9.97. The number of aliphatic hydroxyl groups excluding tert-OH is 1. The van der Waals surface area contributed by atoms with Crippen molar-refractivity contribution < 1.29 is 24.2 Å². The molecule has 7 nitrogen and oxygen atoms in total. The van der Waals surface area contributed by atoms with Gasteiger partial charge in [0.2, 0.25) is 0 Å². The lowest BCUT2D eigenvalue weighted by Crippen LogP contribution is -2.29. The van der Waals surface area contributed by atoms with Gasteiger partial charge >= 0.3 is 0 Å². The molecule has 168 valence electrons. The summed E-state index contributed by atoms with van der Waals surface area (Å²) in [5, 5.41) is 11.9. The Kier molecular flexibility index (Phi) is 6.26. The van der Waals surface area contributed by atoms with Crippen molar-refractivity contribution in [3.63, 3.8) is 0 Å². The molecule has 0 bridgehead atoms. The Hall–Kier alpha value is -3.55. The van der Waals surface area contributed by atoms with E-state index in [0.29, 0.717) is 22.2 Å². The number of amides is 1. The number of hydrogen-bond donors (Lipinski definition) is 1. The van der Waals surface area contributed by atoms with E-state index in [0.717, 1.165) is 0 Å². The SMILES string of the molecule is COc1cc(OC)c(/C(O)=C2\C(=O)C(=O)N(c3cccc(Cl)c3)C2c2ccccn2)cc1Cl. The third kappa shape index (κ3) is 4.01. The fraction of sp³-hybridized carbons (Fsp3) is 0.125. The van der Waals surface area contributed by atoms with Gasteiger partial charge in [0.25, 0.3) is 11.7 Å². The van der Waals surface area contributed by atoms with E-state index in [-0.39, 0.29) is 21.9 Å². The highest BCUT2D eigenvalue weighted by Gasteiger charge is 2.48. The maximum Gasteiger partial charge on any atom is 0.300 e. The molecule has 33 heavy (non-hydrogen) atoms. The van der Waals surface area contributed by atoms with E-state index in [1.54, 1.807) is 42.5 Å². The Bertz CT molecular complexity index is 1280. The molecule has 0 saturated carbocycles. The van der Waals surface area contributed by atoms with Crippen molar-refractivity contribution in [2.75, 3.05) is 19.1 Å². The van der Waals surface area contributed by atoms with Crippen LogP contribution in [-0.2, 0) is 9.59 Å². The van der Waals surface area contributed by atoms with Gasteiger partial charge in [-0.05, 0) is 36.4 Å². The summed E-state index contributed by atoms with van der Waals surface area (Å²) in [6.07, 6.45) is 1.54. The molecule has 3 aromatic rings. The molecule has 1 aliphatic heterocycles. The number of ether oxygens (including phenoxy) is 2. The average molecular weight is 485 g/mol. The van der Waals surface area contributed by atoms with Crippen molar-refractivity contribution in [1.82, 2.24) is 4.98 Å². The molecular formula is C24H18Cl2N2O5. The van der Waals surface area contributed by atoms with Crippen molar-refractivity contribution in [3.8, 4) is 11.5 Å². The highest BCUT2D eigenvalue weighted by Crippen LogP contribution is 2.44. The lowest BCUT2D eigenvalue weighted by Gasteiger charge is -2.25. The number of pyridine rings is 1. The Morgan fingerprint density at radius 2 is 1.76 bits per heavy atom. The molecule has 1 amide bonds. The molecule has 4 rings (SSSR count). The van der Waals surface area contributed by atoms with Crippen LogP contribution in [0.5, 0.6) is 11.5 Å². The standard InChI is InChI=1S/C24H18Cl2N2O5/c1-32-18-12-19(33-2)16(26)11-15(18)22(29)20-21(17-8-3-4-9-27-17)28(24(31)23(20)30)14-7-5-6-13(25)10-14/h3-12,21,29H,1-2H3/b22-20+. The van der Waals surface area contributed by atoms with Crippen LogP contribution < -0.4 is 14.4 Å². The molecule has 1 saturated heterocycles. The molecule has 0 radical (unpaired) electrons. The Morgan fingerprint density at radius 3 is 2.39 bits per heavy atom. The maximum atomic E-state index is 13.2. The number of halogens is 2. The van der Waals surface area contributed by atoms with E-state index in [1.165, 1.54) is 37.4 Å². The Labute approximate surface area is 199 Å². The van der Waals surface area contributed by atoms with Crippen LogP contribution in [0.2, 0.25) is 10.0 Å². The molecule has 1 fully saturated rings. The third-order valence-electron chi connectivity index (χ3n) is 5.23. The minimum Gasteiger partial charge on any atom is -0.507 e. The molecule has 2 heterocycles. The minimum absolute atomic E-state index is 0.133. The predicted octanol–water partition coefficient (Wildman–Crippen LogP) is 5.03. The van der Waals surface area contributed by atoms with Crippen LogP contribution in [0.4, 0.5) is 5.69 Å². The van der Waals surface area contributed by atoms with E-state index < -0.39 is 23.5 Å². The highest BCUT2D eigenvalue weighted by molar-refractivity contribution is 6.52. The van der Waals surface area contributed by atoms with Crippen LogP contribution in [-0.4, -0.2) is 36.0 Å². The van der Waals surface area contributed by atoms with E-state index >= 15 is 0 Å². The largest absolute Gasteiger partial charge is 0.507 e. The third-order valence-corrected chi connectivity index (χ3v) is 5.76. The second-order valence-corrected chi connectivity index (χ2v) is 7.93. The van der Waals surface area contributed by atoms with Gasteiger partial charge in [0, 0.05) is 23.0 Å². The molecular weight excluding hydrogens is 467 g/mol. The van der Waals surface area contributed by atoms with Gasteiger partial charge < -0.3 is 14.6 Å². The van der Waals surface area contributed by atoms with Crippen LogP contribution >= 0.6 is 23.2 Å². The number of methoxy groups -OCH3 is 2. The fourth-order valence-corrected chi connectivity index (χ4v) is 4.16. The molecule has 1 aliphatic rings. The van der Waals surface area contributed by atoms with Crippen LogP contribution in [0.25, 0.3) is 5.76 Å². The summed E-state index contributed by atoms with van der Waals surface area (Å²) in [5.74, 6) is -1.62. The summed E-state index contributed by atoms with van der Waals surface area (Å²) in [7, 11) is 2.85. The minimum atomic E-state index is -1.00. The van der Waals surface area contributed by atoms with Crippen LogP contribution in [0, 0.1) is 0 Å². The van der Waals surface area contributed by atoms with Crippen molar-refractivity contribution in [2.24, 2.45) is 0 Å². The van der Waals surface area contributed by atoms with Crippen LogP contribution in [0.3, 0.4) is 0 Å². The number of rotatable bonds is 5. The first kappa shape index (κ1) is 22.6. The van der Waals surface area contributed by atoms with Crippen molar-refractivity contribution in [1.29, 1.82) is 0 Å². The first-order chi connectivity index (χ1) is 15.9. The summed E-state index contributed by atoms with van der Waals surface area (Å²) in [5.41, 5.74) is 0.752. The van der Waals surface area contributed by atoms with Gasteiger partial charge in [0.15, 0.2) is 0 Å². The van der Waals surface area contributed by atoms with Crippen LogP contribution in [0.15, 0.2) is 66.4 Å². The van der Waals surface area contributed by atoms with E-state index in [4.69, 9.17) is 32.7 Å². The Morgan fingerprint density at radius 1 is 1.00 bits per heavy atom. The normalized spacial score (nSPS) is 17.3. The second kappa shape index (κ2) is 9.13. The zero-order valence-corrected chi connectivity index (χ0v) is 19.1.